The van der Waals surface area contributed by atoms with E-state index in [0.29, 0.717) is 13.0 Å². The lowest BCUT2D eigenvalue weighted by molar-refractivity contribution is -0.120. The van der Waals surface area contributed by atoms with Gasteiger partial charge in [0.25, 0.3) is 0 Å². The maximum atomic E-state index is 11.5. The third-order valence-corrected chi connectivity index (χ3v) is 3.09. The summed E-state index contributed by atoms with van der Waals surface area (Å²) in [4.78, 5) is 11.5. The number of carbonyl (C=O) groups excluding carboxylic acids is 1. The lowest BCUT2D eigenvalue weighted by Crippen LogP contribution is -2.17. The molecule has 0 aromatic carbocycles. The van der Waals surface area contributed by atoms with Crippen LogP contribution in [0.4, 0.5) is 0 Å². The normalized spacial score (nSPS) is 20.0. The van der Waals surface area contributed by atoms with E-state index in [4.69, 9.17) is 4.74 Å². The molecular weight excluding hydrogens is 202 g/mol. The number of amides is 1. The first-order valence-corrected chi connectivity index (χ1v) is 6.27. The van der Waals surface area contributed by atoms with Crippen LogP contribution in [-0.2, 0) is 9.53 Å². The summed E-state index contributed by atoms with van der Waals surface area (Å²) in [5, 5.41) is 2.84. The number of nitrogens with one attached hydrogen (secondary N) is 1. The van der Waals surface area contributed by atoms with Gasteiger partial charge in [-0.15, -0.1) is 0 Å². The topological polar surface area (TPSA) is 38.3 Å². The zero-order valence-corrected chi connectivity index (χ0v) is 10.4. The minimum absolute atomic E-state index is 0.128. The van der Waals surface area contributed by atoms with Gasteiger partial charge in [-0.1, -0.05) is 26.7 Å². The SMILES string of the molecule is CCC(C)CCCC(=O)N/C=C1\CCOC1. The first kappa shape index (κ1) is 13.2. The Morgan fingerprint density at radius 3 is 3.06 bits per heavy atom. The molecule has 1 aliphatic rings. The Kier molecular flexibility index (Phi) is 6.16. The van der Waals surface area contributed by atoms with E-state index in [0.717, 1.165) is 31.8 Å². The van der Waals surface area contributed by atoms with Crippen molar-refractivity contribution in [2.75, 3.05) is 13.2 Å². The molecule has 1 aliphatic heterocycles. The predicted molar refractivity (Wildman–Crippen MR) is 65.0 cm³/mol. The fourth-order valence-electron chi connectivity index (χ4n) is 1.66. The predicted octanol–water partition coefficient (Wildman–Crippen LogP) is 2.62. The van der Waals surface area contributed by atoms with E-state index in [2.05, 4.69) is 19.2 Å². The molecule has 1 fully saturated rings. The van der Waals surface area contributed by atoms with Crippen LogP contribution in [0.2, 0.25) is 0 Å². The molecule has 0 aromatic rings. The number of carbonyl (C=O) groups is 1. The van der Waals surface area contributed by atoms with Crippen LogP contribution in [-0.4, -0.2) is 19.1 Å². The van der Waals surface area contributed by atoms with Crippen LogP contribution in [0.5, 0.6) is 0 Å². The largest absolute Gasteiger partial charge is 0.377 e. The summed E-state index contributed by atoms with van der Waals surface area (Å²) in [6.07, 6.45) is 6.73. The van der Waals surface area contributed by atoms with Crippen molar-refractivity contribution in [3.63, 3.8) is 0 Å². The summed E-state index contributed by atoms with van der Waals surface area (Å²) in [7, 11) is 0. The van der Waals surface area contributed by atoms with Gasteiger partial charge in [0.2, 0.25) is 5.91 Å². The Hall–Kier alpha value is -0.830. The fourth-order valence-corrected chi connectivity index (χ4v) is 1.66. The van der Waals surface area contributed by atoms with E-state index < -0.39 is 0 Å². The second-order valence-electron chi connectivity index (χ2n) is 4.58. The highest BCUT2D eigenvalue weighted by atomic mass is 16.5. The molecule has 1 saturated heterocycles. The van der Waals surface area contributed by atoms with Gasteiger partial charge in [0.15, 0.2) is 0 Å². The van der Waals surface area contributed by atoms with Crippen LogP contribution in [0, 0.1) is 5.92 Å². The van der Waals surface area contributed by atoms with Gasteiger partial charge >= 0.3 is 0 Å². The van der Waals surface area contributed by atoms with Crippen molar-refractivity contribution in [3.8, 4) is 0 Å². The van der Waals surface area contributed by atoms with Gasteiger partial charge in [0, 0.05) is 12.6 Å². The van der Waals surface area contributed by atoms with Crippen molar-refractivity contribution in [3.05, 3.63) is 11.8 Å². The average molecular weight is 225 g/mol. The minimum atomic E-state index is 0.128. The summed E-state index contributed by atoms with van der Waals surface area (Å²) in [5.41, 5.74) is 1.19. The van der Waals surface area contributed by atoms with E-state index >= 15 is 0 Å². The Morgan fingerprint density at radius 1 is 1.62 bits per heavy atom. The lowest BCUT2D eigenvalue weighted by Gasteiger charge is -2.07. The molecule has 3 heteroatoms. The Morgan fingerprint density at radius 2 is 2.44 bits per heavy atom. The van der Waals surface area contributed by atoms with Crippen LogP contribution in [0.25, 0.3) is 0 Å². The second-order valence-corrected chi connectivity index (χ2v) is 4.58. The molecule has 16 heavy (non-hydrogen) atoms. The number of rotatable bonds is 6. The molecule has 92 valence electrons. The number of ether oxygens (including phenoxy) is 1. The molecule has 3 nitrogen and oxygen atoms in total. The Bertz CT molecular complexity index is 240. The minimum Gasteiger partial charge on any atom is -0.377 e. The summed E-state index contributed by atoms with van der Waals surface area (Å²) in [5.74, 6) is 0.858. The van der Waals surface area contributed by atoms with Crippen molar-refractivity contribution >= 4 is 5.91 Å². The average Bonchev–Trinajstić information content (AvgIpc) is 2.79. The molecule has 1 unspecified atom stereocenters. The van der Waals surface area contributed by atoms with Crippen LogP contribution < -0.4 is 5.32 Å². The second kappa shape index (κ2) is 7.44. The highest BCUT2D eigenvalue weighted by Gasteiger charge is 2.07. The quantitative estimate of drug-likeness (QED) is 0.754. The first-order chi connectivity index (χ1) is 7.72. The summed E-state index contributed by atoms with van der Waals surface area (Å²) >= 11 is 0. The van der Waals surface area contributed by atoms with Gasteiger partial charge in [0.1, 0.15) is 0 Å². The van der Waals surface area contributed by atoms with Crippen LogP contribution in [0.15, 0.2) is 11.8 Å². The third kappa shape index (κ3) is 5.31. The van der Waals surface area contributed by atoms with E-state index in [1.807, 2.05) is 6.20 Å². The van der Waals surface area contributed by atoms with E-state index in [-0.39, 0.29) is 5.91 Å². The van der Waals surface area contributed by atoms with E-state index in [1.54, 1.807) is 0 Å². The Balaban J connectivity index is 2.08. The molecule has 0 bridgehead atoms. The van der Waals surface area contributed by atoms with Crippen LogP contribution >= 0.6 is 0 Å². The van der Waals surface area contributed by atoms with Gasteiger partial charge < -0.3 is 10.1 Å². The molecule has 1 amide bonds. The van der Waals surface area contributed by atoms with Crippen molar-refractivity contribution in [2.24, 2.45) is 5.92 Å². The van der Waals surface area contributed by atoms with Crippen LogP contribution in [0.3, 0.4) is 0 Å². The maximum Gasteiger partial charge on any atom is 0.223 e. The van der Waals surface area contributed by atoms with Crippen molar-refractivity contribution in [1.82, 2.24) is 5.32 Å². The standard InChI is InChI=1S/C13H23NO2/c1-3-11(2)5-4-6-13(15)14-9-12-7-8-16-10-12/h9,11H,3-8,10H2,1-2H3,(H,14,15)/b12-9+. The lowest BCUT2D eigenvalue weighted by atomic mass is 10.0. The van der Waals surface area contributed by atoms with Gasteiger partial charge in [-0.2, -0.15) is 0 Å². The molecule has 0 spiro atoms. The molecular formula is C13H23NO2. The molecule has 0 aromatic heterocycles. The van der Waals surface area contributed by atoms with Crippen molar-refractivity contribution < 1.29 is 9.53 Å². The van der Waals surface area contributed by atoms with Gasteiger partial charge in [0.05, 0.1) is 13.2 Å². The van der Waals surface area contributed by atoms with Crippen molar-refractivity contribution in [2.45, 2.75) is 46.0 Å². The number of hydrogen-bond donors (Lipinski definition) is 1. The number of hydrogen-bond acceptors (Lipinski definition) is 2. The van der Waals surface area contributed by atoms with Crippen LogP contribution in [0.1, 0.15) is 46.0 Å². The zero-order valence-electron chi connectivity index (χ0n) is 10.4. The smallest absolute Gasteiger partial charge is 0.223 e. The highest BCUT2D eigenvalue weighted by molar-refractivity contribution is 5.76. The fraction of sp³-hybridized carbons (Fsp3) is 0.769. The molecule has 0 radical (unpaired) electrons. The highest BCUT2D eigenvalue weighted by Crippen LogP contribution is 2.11. The molecule has 1 atom stereocenters. The van der Waals surface area contributed by atoms with E-state index in [9.17, 15) is 4.79 Å². The maximum absolute atomic E-state index is 11.5. The molecule has 1 N–H and O–H groups in total. The van der Waals surface area contributed by atoms with E-state index in [1.165, 1.54) is 12.0 Å². The molecule has 1 heterocycles. The summed E-state index contributed by atoms with van der Waals surface area (Å²) < 4.78 is 5.20. The molecule has 0 aliphatic carbocycles. The molecule has 0 saturated carbocycles. The Labute approximate surface area is 98.2 Å². The van der Waals surface area contributed by atoms with Gasteiger partial charge in [-0.3, -0.25) is 4.79 Å². The van der Waals surface area contributed by atoms with Gasteiger partial charge in [-0.05, 0) is 24.3 Å². The monoisotopic (exact) mass is 225 g/mol. The van der Waals surface area contributed by atoms with Crippen molar-refractivity contribution in [1.29, 1.82) is 0 Å². The molecule has 1 rings (SSSR count). The third-order valence-electron chi connectivity index (χ3n) is 3.09. The summed E-state index contributed by atoms with van der Waals surface area (Å²) in [6.45, 7) is 5.88. The first-order valence-electron chi connectivity index (χ1n) is 6.27. The zero-order chi connectivity index (χ0) is 11.8. The van der Waals surface area contributed by atoms with Gasteiger partial charge in [-0.25, -0.2) is 0 Å². The summed E-state index contributed by atoms with van der Waals surface area (Å²) in [6, 6.07) is 0.